The van der Waals surface area contributed by atoms with Gasteiger partial charge >= 0.3 is 0 Å². The molecule has 0 spiro atoms. The number of likely N-dealkylation sites (tertiary alicyclic amines) is 1. The van der Waals surface area contributed by atoms with Crippen molar-refractivity contribution < 1.29 is 10.3 Å². The van der Waals surface area contributed by atoms with Gasteiger partial charge in [-0.3, -0.25) is 4.90 Å². The molecule has 0 radical (unpaired) electrons. The Bertz CT molecular complexity index is 206. The van der Waals surface area contributed by atoms with Crippen LogP contribution in [0.3, 0.4) is 0 Å². The number of β-amino-alcohol motifs (C(OH)–C–C–N with tert-alkyl or cyclic N) is 1. The lowest BCUT2D eigenvalue weighted by Gasteiger charge is -2.32. The van der Waals surface area contributed by atoms with Gasteiger partial charge in [-0.25, -0.2) is 0 Å². The number of oxime groups is 1. The average molecular weight is 200 g/mol. The van der Waals surface area contributed by atoms with Gasteiger partial charge in [-0.1, -0.05) is 19.0 Å². The Kier molecular flexibility index (Phi) is 4.35. The standard InChI is InChI=1S/C10H20N2O2/c1-3-9(13)7-12-5-4-10(11-14)8(2)6-12/h8-9,13-14H,3-7H2,1-2H3. The van der Waals surface area contributed by atoms with Crippen LogP contribution in [0.5, 0.6) is 0 Å². The van der Waals surface area contributed by atoms with E-state index in [2.05, 4.69) is 17.0 Å². The normalized spacial score (nSPS) is 29.4. The number of aliphatic hydroxyl groups excluding tert-OH is 1. The maximum atomic E-state index is 9.50. The van der Waals surface area contributed by atoms with E-state index in [9.17, 15) is 5.11 Å². The lowest BCUT2D eigenvalue weighted by atomic mass is 9.97. The molecule has 0 aromatic heterocycles. The largest absolute Gasteiger partial charge is 0.411 e. The molecule has 0 saturated carbocycles. The quantitative estimate of drug-likeness (QED) is 0.526. The maximum Gasteiger partial charge on any atom is 0.0664 e. The van der Waals surface area contributed by atoms with Gasteiger partial charge in [0.2, 0.25) is 0 Å². The highest BCUT2D eigenvalue weighted by Crippen LogP contribution is 2.14. The number of hydrogen-bond acceptors (Lipinski definition) is 4. The molecule has 0 aromatic rings. The van der Waals surface area contributed by atoms with E-state index in [-0.39, 0.29) is 6.10 Å². The van der Waals surface area contributed by atoms with E-state index >= 15 is 0 Å². The molecule has 82 valence electrons. The molecule has 2 unspecified atom stereocenters. The Morgan fingerprint density at radius 2 is 2.36 bits per heavy atom. The molecule has 0 aliphatic carbocycles. The van der Waals surface area contributed by atoms with Crippen molar-refractivity contribution in [3.05, 3.63) is 0 Å². The van der Waals surface area contributed by atoms with Crippen LogP contribution < -0.4 is 0 Å². The Labute approximate surface area is 85.2 Å². The molecule has 2 N–H and O–H groups in total. The molecule has 1 heterocycles. The fourth-order valence-electron chi connectivity index (χ4n) is 1.84. The van der Waals surface area contributed by atoms with Gasteiger partial charge in [0.25, 0.3) is 0 Å². The lowest BCUT2D eigenvalue weighted by molar-refractivity contribution is 0.102. The van der Waals surface area contributed by atoms with Crippen molar-refractivity contribution in [2.45, 2.75) is 32.8 Å². The molecule has 1 aliphatic rings. The maximum absolute atomic E-state index is 9.50. The average Bonchev–Trinajstić information content (AvgIpc) is 2.18. The first-order valence-electron chi connectivity index (χ1n) is 5.28. The molecular formula is C10H20N2O2. The molecule has 1 fully saturated rings. The van der Waals surface area contributed by atoms with Crippen LogP contribution in [0.4, 0.5) is 0 Å². The number of rotatable bonds is 3. The van der Waals surface area contributed by atoms with Gasteiger partial charge in [-0.05, 0) is 6.42 Å². The molecule has 4 heteroatoms. The van der Waals surface area contributed by atoms with E-state index in [0.717, 1.165) is 38.2 Å². The molecule has 0 bridgehead atoms. The minimum absolute atomic E-state index is 0.227. The van der Waals surface area contributed by atoms with Gasteiger partial charge in [0, 0.05) is 32.0 Å². The summed E-state index contributed by atoms with van der Waals surface area (Å²) in [6.45, 7) is 6.55. The number of hydrogen-bond donors (Lipinski definition) is 2. The second-order valence-corrected chi connectivity index (χ2v) is 4.06. The van der Waals surface area contributed by atoms with Crippen LogP contribution in [0, 0.1) is 5.92 Å². The summed E-state index contributed by atoms with van der Waals surface area (Å²) in [4.78, 5) is 2.23. The number of piperidine rings is 1. The van der Waals surface area contributed by atoms with Crippen LogP contribution in [0.2, 0.25) is 0 Å². The van der Waals surface area contributed by atoms with Crippen molar-refractivity contribution in [2.75, 3.05) is 19.6 Å². The molecule has 4 nitrogen and oxygen atoms in total. The van der Waals surface area contributed by atoms with Crippen molar-refractivity contribution in [1.29, 1.82) is 0 Å². The van der Waals surface area contributed by atoms with Gasteiger partial charge in [0.1, 0.15) is 0 Å². The van der Waals surface area contributed by atoms with Crippen LogP contribution >= 0.6 is 0 Å². The first kappa shape index (κ1) is 11.5. The highest BCUT2D eigenvalue weighted by molar-refractivity contribution is 5.86. The van der Waals surface area contributed by atoms with E-state index < -0.39 is 0 Å². The van der Waals surface area contributed by atoms with Gasteiger partial charge in [-0.2, -0.15) is 0 Å². The molecule has 14 heavy (non-hydrogen) atoms. The summed E-state index contributed by atoms with van der Waals surface area (Å²) < 4.78 is 0. The number of nitrogens with zero attached hydrogens (tertiary/aromatic N) is 2. The zero-order valence-corrected chi connectivity index (χ0v) is 8.98. The fourth-order valence-corrected chi connectivity index (χ4v) is 1.84. The van der Waals surface area contributed by atoms with E-state index in [4.69, 9.17) is 5.21 Å². The van der Waals surface area contributed by atoms with Gasteiger partial charge < -0.3 is 10.3 Å². The van der Waals surface area contributed by atoms with Crippen molar-refractivity contribution in [3.63, 3.8) is 0 Å². The van der Waals surface area contributed by atoms with Crippen LogP contribution in [-0.4, -0.2) is 46.7 Å². The summed E-state index contributed by atoms with van der Waals surface area (Å²) in [5.74, 6) is 0.304. The van der Waals surface area contributed by atoms with Gasteiger partial charge in [0.05, 0.1) is 11.8 Å². The predicted octanol–water partition coefficient (Wildman–Crippen LogP) is 0.929. The van der Waals surface area contributed by atoms with Crippen molar-refractivity contribution >= 4 is 5.71 Å². The highest BCUT2D eigenvalue weighted by atomic mass is 16.4. The predicted molar refractivity (Wildman–Crippen MR) is 55.7 cm³/mol. The zero-order valence-electron chi connectivity index (χ0n) is 8.98. The smallest absolute Gasteiger partial charge is 0.0664 e. The first-order chi connectivity index (χ1) is 6.67. The second kappa shape index (κ2) is 5.32. The summed E-state index contributed by atoms with van der Waals surface area (Å²) in [5.41, 5.74) is 0.882. The van der Waals surface area contributed by atoms with Crippen LogP contribution in [0.15, 0.2) is 5.16 Å². The van der Waals surface area contributed by atoms with Crippen molar-refractivity contribution in [1.82, 2.24) is 4.90 Å². The van der Waals surface area contributed by atoms with Crippen LogP contribution in [-0.2, 0) is 0 Å². The lowest BCUT2D eigenvalue weighted by Crippen LogP contribution is -2.43. The Morgan fingerprint density at radius 3 is 2.86 bits per heavy atom. The third-order valence-corrected chi connectivity index (χ3v) is 2.85. The summed E-state index contributed by atoms with van der Waals surface area (Å²) >= 11 is 0. The van der Waals surface area contributed by atoms with Crippen molar-refractivity contribution in [2.24, 2.45) is 11.1 Å². The monoisotopic (exact) mass is 200 g/mol. The molecule has 1 aliphatic heterocycles. The van der Waals surface area contributed by atoms with E-state index in [1.54, 1.807) is 0 Å². The fraction of sp³-hybridized carbons (Fsp3) is 0.900. The summed E-state index contributed by atoms with van der Waals surface area (Å²) in [5, 5.41) is 21.5. The van der Waals surface area contributed by atoms with E-state index in [1.807, 2.05) is 6.92 Å². The summed E-state index contributed by atoms with van der Waals surface area (Å²) in [6.07, 6.45) is 1.38. The molecule has 0 aromatic carbocycles. The SMILES string of the molecule is CCC(O)CN1CCC(=NO)C(C)C1. The Balaban J connectivity index is 2.39. The van der Waals surface area contributed by atoms with Crippen LogP contribution in [0.25, 0.3) is 0 Å². The first-order valence-corrected chi connectivity index (χ1v) is 5.28. The summed E-state index contributed by atoms with van der Waals surface area (Å²) in [7, 11) is 0. The third kappa shape index (κ3) is 2.96. The minimum atomic E-state index is -0.227. The van der Waals surface area contributed by atoms with Gasteiger partial charge in [0.15, 0.2) is 0 Å². The Morgan fingerprint density at radius 1 is 1.64 bits per heavy atom. The molecule has 1 saturated heterocycles. The third-order valence-electron chi connectivity index (χ3n) is 2.85. The van der Waals surface area contributed by atoms with Crippen LogP contribution in [0.1, 0.15) is 26.7 Å². The number of aliphatic hydroxyl groups is 1. The van der Waals surface area contributed by atoms with E-state index in [1.165, 1.54) is 0 Å². The summed E-state index contributed by atoms with van der Waals surface area (Å²) in [6, 6.07) is 0. The second-order valence-electron chi connectivity index (χ2n) is 4.06. The molecule has 0 amide bonds. The molecule has 2 atom stereocenters. The topological polar surface area (TPSA) is 56.1 Å². The Hall–Kier alpha value is -0.610. The van der Waals surface area contributed by atoms with E-state index in [0.29, 0.717) is 5.92 Å². The minimum Gasteiger partial charge on any atom is -0.411 e. The van der Waals surface area contributed by atoms with Crippen molar-refractivity contribution in [3.8, 4) is 0 Å². The zero-order chi connectivity index (χ0) is 10.6. The molecule has 1 rings (SSSR count). The molecular weight excluding hydrogens is 180 g/mol. The van der Waals surface area contributed by atoms with Gasteiger partial charge in [-0.15, -0.1) is 0 Å². The highest BCUT2D eigenvalue weighted by Gasteiger charge is 2.23.